The molecule has 0 amide bonds. The Hall–Kier alpha value is -0.740. The van der Waals surface area contributed by atoms with Crippen LogP contribution in [0.2, 0.25) is 0 Å². The number of benzene rings is 1. The van der Waals surface area contributed by atoms with Crippen molar-refractivity contribution >= 4 is 22.0 Å². The van der Waals surface area contributed by atoms with Crippen molar-refractivity contribution in [2.24, 2.45) is 0 Å². The average Bonchev–Trinajstić information content (AvgIpc) is 2.38. The van der Waals surface area contributed by atoms with Crippen LogP contribution in [0.4, 0.5) is 8.78 Å². The highest BCUT2D eigenvalue weighted by atomic mass is 79.9. The highest BCUT2D eigenvalue weighted by Gasteiger charge is 2.27. The smallest absolute Gasteiger partial charge is 0.131 e. The molecule has 13 heavy (non-hydrogen) atoms. The van der Waals surface area contributed by atoms with Crippen molar-refractivity contribution in [2.75, 3.05) is 0 Å². The summed E-state index contributed by atoms with van der Waals surface area (Å²) in [5.41, 5.74) is 0.131. The zero-order chi connectivity index (χ0) is 9.59. The maximum Gasteiger partial charge on any atom is 0.131 e. The van der Waals surface area contributed by atoms with Gasteiger partial charge in [-0.2, -0.15) is 0 Å². The molecule has 4 heteroatoms. The quantitative estimate of drug-likeness (QED) is 0.747. The predicted molar refractivity (Wildman–Crippen MR) is 48.2 cm³/mol. The van der Waals surface area contributed by atoms with Crippen LogP contribution in [0.3, 0.4) is 0 Å². The van der Waals surface area contributed by atoms with Gasteiger partial charge in [-0.1, -0.05) is 15.9 Å². The number of rotatable bonds is 0. The van der Waals surface area contributed by atoms with Gasteiger partial charge in [-0.05, 0) is 18.2 Å². The van der Waals surface area contributed by atoms with E-state index in [9.17, 15) is 13.9 Å². The molecule has 1 nitrogen and oxygen atoms in total. The minimum absolute atomic E-state index is 0.00637. The first kappa shape index (κ1) is 8.84. The zero-order valence-corrected chi connectivity index (χ0v) is 7.98. The number of fused-ring (bicyclic) bond motifs is 1. The first-order valence-electron chi connectivity index (χ1n) is 3.64. The Labute approximate surface area is 81.8 Å². The molecule has 1 atom stereocenters. The van der Waals surface area contributed by atoms with Gasteiger partial charge in [0.1, 0.15) is 17.7 Å². The third-order valence-corrected chi connectivity index (χ3v) is 2.66. The lowest BCUT2D eigenvalue weighted by atomic mass is 10.1. The fourth-order valence-electron chi connectivity index (χ4n) is 1.36. The summed E-state index contributed by atoms with van der Waals surface area (Å²) in [5.74, 6) is -1.11. The second-order valence-corrected chi connectivity index (χ2v) is 3.70. The summed E-state index contributed by atoms with van der Waals surface area (Å²) in [6.45, 7) is 0. The molecule has 0 aromatic heterocycles. The summed E-state index contributed by atoms with van der Waals surface area (Å²) in [6.07, 6.45) is 0.309. The molecule has 1 aliphatic carbocycles. The summed E-state index contributed by atoms with van der Waals surface area (Å²) < 4.78 is 26.6. The van der Waals surface area contributed by atoms with Crippen molar-refractivity contribution in [1.29, 1.82) is 0 Å². The van der Waals surface area contributed by atoms with E-state index in [0.717, 1.165) is 12.1 Å². The molecule has 1 unspecified atom stereocenters. The third kappa shape index (κ3) is 1.21. The maximum absolute atomic E-state index is 13.1. The molecule has 0 saturated heterocycles. The van der Waals surface area contributed by atoms with Crippen molar-refractivity contribution in [3.05, 3.63) is 39.4 Å². The van der Waals surface area contributed by atoms with Crippen LogP contribution in [-0.4, -0.2) is 5.11 Å². The topological polar surface area (TPSA) is 20.2 Å². The lowest BCUT2D eigenvalue weighted by molar-refractivity contribution is 0.223. The fraction of sp³-hybridized carbons (Fsp3) is 0.111. The van der Waals surface area contributed by atoms with E-state index in [2.05, 4.69) is 15.9 Å². The first-order valence-corrected chi connectivity index (χ1v) is 4.43. The van der Waals surface area contributed by atoms with E-state index in [0.29, 0.717) is 4.48 Å². The van der Waals surface area contributed by atoms with E-state index in [1.807, 2.05) is 0 Å². The second kappa shape index (κ2) is 2.89. The number of aliphatic hydroxyl groups excluding tert-OH is 1. The Bertz CT molecular complexity index is 401. The summed E-state index contributed by atoms with van der Waals surface area (Å²) >= 11 is 3.03. The van der Waals surface area contributed by atoms with Crippen LogP contribution in [0.25, 0.3) is 6.08 Å². The van der Waals surface area contributed by atoms with Crippen LogP contribution in [0, 0.1) is 11.6 Å². The number of halogens is 3. The molecule has 0 saturated carbocycles. The van der Waals surface area contributed by atoms with Crippen LogP contribution in [0.15, 0.2) is 16.6 Å². The molecule has 1 aromatic carbocycles. The molecule has 0 bridgehead atoms. The van der Waals surface area contributed by atoms with Gasteiger partial charge in [0.25, 0.3) is 0 Å². The molecule has 1 aliphatic rings. The van der Waals surface area contributed by atoms with Crippen LogP contribution in [-0.2, 0) is 0 Å². The molecule has 2 rings (SSSR count). The minimum Gasteiger partial charge on any atom is -0.383 e. The number of aliphatic hydroxyl groups is 1. The lowest BCUT2D eigenvalue weighted by Gasteiger charge is -2.06. The largest absolute Gasteiger partial charge is 0.383 e. The molecule has 0 aliphatic heterocycles. The molecule has 0 radical (unpaired) electrons. The molecule has 0 spiro atoms. The van der Waals surface area contributed by atoms with Crippen LogP contribution < -0.4 is 0 Å². The third-order valence-electron chi connectivity index (χ3n) is 2.00. The molecule has 0 heterocycles. The Morgan fingerprint density at radius 3 is 2.46 bits per heavy atom. The molecule has 1 aromatic rings. The van der Waals surface area contributed by atoms with Crippen LogP contribution in [0.1, 0.15) is 17.2 Å². The Balaban J connectivity index is 2.70. The summed E-state index contributed by atoms with van der Waals surface area (Å²) in [6, 6.07) is 2.06. The second-order valence-electron chi connectivity index (χ2n) is 2.79. The maximum atomic E-state index is 13.1. The zero-order valence-electron chi connectivity index (χ0n) is 6.39. The van der Waals surface area contributed by atoms with Gasteiger partial charge in [-0.25, -0.2) is 8.78 Å². The van der Waals surface area contributed by atoms with Crippen molar-refractivity contribution in [3.8, 4) is 0 Å². The minimum atomic E-state index is -1.08. The Kier molecular flexibility index (Phi) is 1.96. The molecule has 1 N–H and O–H groups in total. The van der Waals surface area contributed by atoms with Gasteiger partial charge < -0.3 is 5.11 Å². The Morgan fingerprint density at radius 2 is 1.85 bits per heavy atom. The summed E-state index contributed by atoms with van der Waals surface area (Å²) in [4.78, 5) is 0. The lowest BCUT2D eigenvalue weighted by Crippen LogP contribution is -1.98. The molecule has 0 fully saturated rings. The van der Waals surface area contributed by atoms with Gasteiger partial charge in [0.05, 0.1) is 0 Å². The fourth-order valence-corrected chi connectivity index (χ4v) is 1.82. The van der Waals surface area contributed by atoms with Gasteiger partial charge >= 0.3 is 0 Å². The number of hydrogen-bond acceptors (Lipinski definition) is 1. The average molecular weight is 247 g/mol. The SMILES string of the molecule is OC1C(Br)=Cc2c(F)ccc(F)c21. The van der Waals surface area contributed by atoms with Gasteiger partial charge in [0.2, 0.25) is 0 Å². The van der Waals surface area contributed by atoms with Gasteiger partial charge in [0, 0.05) is 15.6 Å². The van der Waals surface area contributed by atoms with E-state index >= 15 is 0 Å². The first-order chi connectivity index (χ1) is 6.11. The Morgan fingerprint density at radius 1 is 1.23 bits per heavy atom. The summed E-state index contributed by atoms with van der Waals surface area (Å²) in [7, 11) is 0. The summed E-state index contributed by atoms with van der Waals surface area (Å²) in [5, 5.41) is 9.43. The van der Waals surface area contributed by atoms with E-state index in [4.69, 9.17) is 0 Å². The van der Waals surface area contributed by atoms with Gasteiger partial charge in [-0.3, -0.25) is 0 Å². The molecular weight excluding hydrogens is 242 g/mol. The van der Waals surface area contributed by atoms with Crippen molar-refractivity contribution in [2.45, 2.75) is 6.10 Å². The van der Waals surface area contributed by atoms with Crippen LogP contribution in [0.5, 0.6) is 0 Å². The van der Waals surface area contributed by atoms with Crippen molar-refractivity contribution in [3.63, 3.8) is 0 Å². The highest BCUT2D eigenvalue weighted by molar-refractivity contribution is 9.11. The monoisotopic (exact) mass is 246 g/mol. The van der Waals surface area contributed by atoms with Crippen LogP contribution >= 0.6 is 15.9 Å². The molecule has 68 valence electrons. The normalized spacial score (nSPS) is 20.0. The standard InChI is InChI=1S/C9H5BrF2O/c10-5-3-4-6(11)1-2-7(12)8(4)9(5)13/h1-3,9,13H. The van der Waals surface area contributed by atoms with Gasteiger partial charge in [-0.15, -0.1) is 0 Å². The predicted octanol–water partition coefficient (Wildman–Crippen LogP) is 2.75. The van der Waals surface area contributed by atoms with Crippen molar-refractivity contribution < 1.29 is 13.9 Å². The van der Waals surface area contributed by atoms with E-state index < -0.39 is 17.7 Å². The van der Waals surface area contributed by atoms with Crippen molar-refractivity contribution in [1.82, 2.24) is 0 Å². The van der Waals surface area contributed by atoms with E-state index in [1.165, 1.54) is 6.08 Å². The van der Waals surface area contributed by atoms with Gasteiger partial charge in [0.15, 0.2) is 0 Å². The molecular formula is C9H5BrF2O. The van der Waals surface area contributed by atoms with E-state index in [-0.39, 0.29) is 11.1 Å². The van der Waals surface area contributed by atoms with E-state index in [1.54, 1.807) is 0 Å². The number of hydrogen-bond donors (Lipinski definition) is 1. The highest BCUT2D eigenvalue weighted by Crippen LogP contribution is 2.39.